The smallest absolute Gasteiger partial charge is 0.137 e. The van der Waals surface area contributed by atoms with E-state index < -0.39 is 0 Å². The molecular formula is C18H19NO. The zero-order valence-electron chi connectivity index (χ0n) is 11.9. The van der Waals surface area contributed by atoms with Crippen LogP contribution in [0.1, 0.15) is 28.5 Å². The lowest BCUT2D eigenvalue weighted by molar-refractivity contribution is 0.492. The van der Waals surface area contributed by atoms with Gasteiger partial charge in [-0.2, -0.15) is 0 Å². The molecule has 0 spiro atoms. The van der Waals surface area contributed by atoms with Gasteiger partial charge in [-0.25, -0.2) is 0 Å². The van der Waals surface area contributed by atoms with Crippen molar-refractivity contribution in [1.29, 1.82) is 0 Å². The van der Waals surface area contributed by atoms with Crippen molar-refractivity contribution in [2.45, 2.75) is 26.3 Å². The summed E-state index contributed by atoms with van der Waals surface area (Å²) < 4.78 is 5.95. The Balaban J connectivity index is 1.91. The van der Waals surface area contributed by atoms with Gasteiger partial charge in [0.2, 0.25) is 0 Å². The van der Waals surface area contributed by atoms with Gasteiger partial charge < -0.3 is 10.2 Å². The van der Waals surface area contributed by atoms with Crippen LogP contribution in [0, 0.1) is 13.8 Å². The second kappa shape index (κ2) is 5.14. The van der Waals surface area contributed by atoms with Gasteiger partial charge in [0.25, 0.3) is 0 Å². The van der Waals surface area contributed by atoms with E-state index in [4.69, 9.17) is 10.2 Å². The lowest BCUT2D eigenvalue weighted by Gasteiger charge is -2.10. The van der Waals surface area contributed by atoms with E-state index in [1.165, 1.54) is 11.1 Å². The number of furan rings is 1. The first-order valence-electron chi connectivity index (χ1n) is 6.94. The predicted octanol–water partition coefficient (Wildman–Crippen LogP) is 4.29. The standard InChI is InChI=1S/C18H19NO/c1-12-6-3-4-8-14(12)10-16(19)17-11-15-9-5-7-13(2)18(15)20-17/h3-9,11,16H,10,19H2,1-2H3. The van der Waals surface area contributed by atoms with Crippen LogP contribution in [0.25, 0.3) is 11.0 Å². The Morgan fingerprint density at radius 3 is 2.50 bits per heavy atom. The van der Waals surface area contributed by atoms with E-state index in [9.17, 15) is 0 Å². The Hall–Kier alpha value is -2.06. The average Bonchev–Trinajstić information content (AvgIpc) is 2.87. The molecule has 20 heavy (non-hydrogen) atoms. The fraction of sp³-hybridized carbons (Fsp3) is 0.222. The fourth-order valence-corrected chi connectivity index (χ4v) is 2.59. The van der Waals surface area contributed by atoms with Crippen molar-refractivity contribution in [2.75, 3.05) is 0 Å². The second-order valence-corrected chi connectivity index (χ2v) is 5.38. The van der Waals surface area contributed by atoms with Gasteiger partial charge in [-0.05, 0) is 43.0 Å². The first kappa shape index (κ1) is 12.9. The number of para-hydroxylation sites is 1. The third-order valence-corrected chi connectivity index (χ3v) is 3.83. The van der Waals surface area contributed by atoms with E-state index in [1.54, 1.807) is 0 Å². The summed E-state index contributed by atoms with van der Waals surface area (Å²) in [6.07, 6.45) is 0.797. The Morgan fingerprint density at radius 1 is 1.00 bits per heavy atom. The number of hydrogen-bond acceptors (Lipinski definition) is 2. The van der Waals surface area contributed by atoms with Crippen LogP contribution in [0.5, 0.6) is 0 Å². The number of rotatable bonds is 3. The third kappa shape index (κ3) is 2.35. The van der Waals surface area contributed by atoms with E-state index in [1.807, 2.05) is 6.07 Å². The third-order valence-electron chi connectivity index (χ3n) is 3.83. The topological polar surface area (TPSA) is 39.2 Å². The molecule has 0 aliphatic rings. The summed E-state index contributed by atoms with van der Waals surface area (Å²) in [4.78, 5) is 0. The van der Waals surface area contributed by atoms with Crippen LogP contribution in [-0.2, 0) is 6.42 Å². The minimum atomic E-state index is -0.108. The van der Waals surface area contributed by atoms with Crippen LogP contribution in [0.2, 0.25) is 0 Å². The number of nitrogens with two attached hydrogens (primary N) is 1. The molecule has 2 aromatic carbocycles. The maximum Gasteiger partial charge on any atom is 0.137 e. The molecule has 0 amide bonds. The van der Waals surface area contributed by atoms with Crippen molar-refractivity contribution >= 4 is 11.0 Å². The molecule has 1 unspecified atom stereocenters. The maximum absolute atomic E-state index is 6.32. The maximum atomic E-state index is 6.32. The fourth-order valence-electron chi connectivity index (χ4n) is 2.59. The van der Waals surface area contributed by atoms with Crippen molar-refractivity contribution in [3.05, 3.63) is 71.0 Å². The molecule has 1 atom stereocenters. The molecule has 0 saturated heterocycles. The molecule has 0 fully saturated rings. The van der Waals surface area contributed by atoms with Crippen molar-refractivity contribution in [2.24, 2.45) is 5.73 Å². The highest BCUT2D eigenvalue weighted by Crippen LogP contribution is 2.27. The summed E-state index contributed by atoms with van der Waals surface area (Å²) in [6.45, 7) is 4.17. The van der Waals surface area contributed by atoms with Crippen molar-refractivity contribution in [1.82, 2.24) is 0 Å². The van der Waals surface area contributed by atoms with Crippen LogP contribution in [0.15, 0.2) is 52.9 Å². The van der Waals surface area contributed by atoms with Crippen LogP contribution in [-0.4, -0.2) is 0 Å². The Labute approximate surface area is 119 Å². The molecular weight excluding hydrogens is 246 g/mol. The van der Waals surface area contributed by atoms with Gasteiger partial charge in [0, 0.05) is 5.39 Å². The molecule has 0 aliphatic heterocycles. The molecule has 2 nitrogen and oxygen atoms in total. The molecule has 3 aromatic rings. The first-order valence-corrected chi connectivity index (χ1v) is 6.94. The van der Waals surface area contributed by atoms with Gasteiger partial charge in [0.15, 0.2) is 0 Å². The molecule has 0 bridgehead atoms. The number of fused-ring (bicyclic) bond motifs is 1. The van der Waals surface area contributed by atoms with E-state index in [0.717, 1.165) is 28.7 Å². The monoisotopic (exact) mass is 265 g/mol. The normalized spacial score (nSPS) is 12.8. The lowest BCUT2D eigenvalue weighted by atomic mass is 10.0. The summed E-state index contributed by atoms with van der Waals surface area (Å²) >= 11 is 0. The van der Waals surface area contributed by atoms with Crippen LogP contribution < -0.4 is 5.73 Å². The van der Waals surface area contributed by atoms with Gasteiger partial charge in [0.1, 0.15) is 11.3 Å². The summed E-state index contributed by atoms with van der Waals surface area (Å²) in [5, 5.41) is 1.13. The van der Waals surface area contributed by atoms with Gasteiger partial charge >= 0.3 is 0 Å². The van der Waals surface area contributed by atoms with Crippen LogP contribution in [0.4, 0.5) is 0 Å². The second-order valence-electron chi connectivity index (χ2n) is 5.38. The van der Waals surface area contributed by atoms with Gasteiger partial charge in [0.05, 0.1) is 6.04 Å². The Kier molecular flexibility index (Phi) is 3.33. The van der Waals surface area contributed by atoms with Gasteiger partial charge in [-0.3, -0.25) is 0 Å². The molecule has 0 radical (unpaired) electrons. The number of hydrogen-bond donors (Lipinski definition) is 1. The molecule has 2 heteroatoms. The van der Waals surface area contributed by atoms with Crippen molar-refractivity contribution in [3.63, 3.8) is 0 Å². The molecule has 1 heterocycles. The molecule has 1 aromatic heterocycles. The van der Waals surface area contributed by atoms with E-state index >= 15 is 0 Å². The van der Waals surface area contributed by atoms with E-state index in [2.05, 4.69) is 56.3 Å². The van der Waals surface area contributed by atoms with E-state index in [-0.39, 0.29) is 6.04 Å². The van der Waals surface area contributed by atoms with Gasteiger partial charge in [-0.1, -0.05) is 42.5 Å². The summed E-state index contributed by atoms with van der Waals surface area (Å²) in [5.74, 6) is 0.859. The zero-order valence-corrected chi connectivity index (χ0v) is 11.9. The van der Waals surface area contributed by atoms with Crippen LogP contribution in [0.3, 0.4) is 0 Å². The highest BCUT2D eigenvalue weighted by Gasteiger charge is 2.14. The number of benzene rings is 2. The van der Waals surface area contributed by atoms with Crippen molar-refractivity contribution < 1.29 is 4.42 Å². The summed E-state index contributed by atoms with van der Waals surface area (Å²) in [7, 11) is 0. The minimum absolute atomic E-state index is 0.108. The predicted molar refractivity (Wildman–Crippen MR) is 82.8 cm³/mol. The lowest BCUT2D eigenvalue weighted by Crippen LogP contribution is -2.13. The number of aryl methyl sites for hydroxylation is 2. The quantitative estimate of drug-likeness (QED) is 0.767. The molecule has 0 saturated carbocycles. The average molecular weight is 265 g/mol. The zero-order chi connectivity index (χ0) is 14.1. The molecule has 3 rings (SSSR count). The summed E-state index contributed by atoms with van der Waals surface area (Å²) in [5.41, 5.74) is 11.0. The van der Waals surface area contributed by atoms with Gasteiger partial charge in [-0.15, -0.1) is 0 Å². The molecule has 2 N–H and O–H groups in total. The first-order chi connectivity index (χ1) is 9.65. The highest BCUT2D eigenvalue weighted by atomic mass is 16.3. The van der Waals surface area contributed by atoms with Crippen molar-refractivity contribution in [3.8, 4) is 0 Å². The minimum Gasteiger partial charge on any atom is -0.459 e. The molecule has 0 aliphatic carbocycles. The Bertz CT molecular complexity index is 742. The highest BCUT2D eigenvalue weighted by molar-refractivity contribution is 5.81. The largest absolute Gasteiger partial charge is 0.459 e. The van der Waals surface area contributed by atoms with Crippen LogP contribution >= 0.6 is 0 Å². The Morgan fingerprint density at radius 2 is 1.75 bits per heavy atom. The summed E-state index contributed by atoms with van der Waals surface area (Å²) in [6, 6.07) is 16.5. The molecule has 102 valence electrons. The SMILES string of the molecule is Cc1ccccc1CC(N)c1cc2cccc(C)c2o1. The van der Waals surface area contributed by atoms with E-state index in [0.29, 0.717) is 0 Å².